The second kappa shape index (κ2) is 25.1. The molecule has 3 unspecified atom stereocenters. The molecule has 4 fully saturated rings. The molecule has 0 spiro atoms. The smallest absolute Gasteiger partial charge is 0.337 e. The fourth-order valence-corrected chi connectivity index (χ4v) is 8.97. The molecule has 3 atom stereocenters. The van der Waals surface area contributed by atoms with Crippen LogP contribution in [0.15, 0.2) is 140 Å². The zero-order valence-corrected chi connectivity index (χ0v) is 39.6. The lowest BCUT2D eigenvalue weighted by molar-refractivity contribution is -0.157. The standard InChI is InChI=1S/C19H20ClFN2O2.C12H14N2O.C12H15NO3.C11H13NO/c20-16-8-15(9-17(21)10-16)11-22-18(24)19(25)6-7-23(13-19)12-14-4-2-1-3-5-14;13-9-12(15)6-7-14(10-12)8-11-4-2-1-3-5-11;14-11(15)12(16)6-7-13(9-12)8-10-4-2-1-3-5-10;13-11-6-7-12(9-11)8-10-4-2-1-3-5-10/h1-5,8-10,25H,6-7,11-13H2,(H,22,24);1-5,15H,6-8,10H2;1-5,16H,6-9H2,(H,14,15);1-5H,6-9H2. The van der Waals surface area contributed by atoms with Gasteiger partial charge in [-0.05, 0) is 52.4 Å². The van der Waals surface area contributed by atoms with Crippen LogP contribution in [-0.2, 0) is 47.1 Å². The number of hydrogen-bond acceptors (Lipinski definition) is 11. The summed E-state index contributed by atoms with van der Waals surface area (Å²) in [6, 6.07) is 46.2. The first kappa shape index (κ1) is 52.5. The second-order valence-corrected chi connectivity index (χ2v) is 18.7. The van der Waals surface area contributed by atoms with Crippen LogP contribution in [0.25, 0.3) is 0 Å². The molecule has 5 aromatic rings. The van der Waals surface area contributed by atoms with Gasteiger partial charge < -0.3 is 25.7 Å². The first-order valence-corrected chi connectivity index (χ1v) is 23.6. The molecule has 1 amide bonds. The SMILES string of the molecule is N#CC1(O)CCN(Cc2ccccc2)C1.O=C(NCc1cc(F)cc(Cl)c1)C1(O)CCN(Cc2ccccc2)C1.O=C(O)C1(O)CCN(Cc2ccccc2)C1.O=C1CCN(Cc2ccccc2)C1. The van der Waals surface area contributed by atoms with Crippen LogP contribution in [0.2, 0.25) is 5.02 Å². The molecule has 4 aliphatic rings. The Kier molecular flexibility index (Phi) is 19.1. The summed E-state index contributed by atoms with van der Waals surface area (Å²) in [5.41, 5.74) is 1.23. The molecule has 4 saturated heterocycles. The summed E-state index contributed by atoms with van der Waals surface area (Å²) >= 11 is 5.81. The van der Waals surface area contributed by atoms with Crippen LogP contribution in [0, 0.1) is 17.1 Å². The Labute approximate surface area is 409 Å². The number of nitriles is 1. The number of rotatable bonds is 12. The Balaban J connectivity index is 0.000000157. The van der Waals surface area contributed by atoms with Gasteiger partial charge in [0.2, 0.25) is 0 Å². The largest absolute Gasteiger partial charge is 0.479 e. The number of benzene rings is 5. The number of carbonyl (C=O) groups is 3. The van der Waals surface area contributed by atoms with Gasteiger partial charge in [-0.25, -0.2) is 9.18 Å². The fraction of sp³-hybridized carbons (Fsp3) is 0.370. The number of ketones is 1. The van der Waals surface area contributed by atoms with Crippen LogP contribution in [0.1, 0.15) is 53.5 Å². The van der Waals surface area contributed by atoms with Gasteiger partial charge >= 0.3 is 5.97 Å². The number of nitrogens with one attached hydrogen (secondary N) is 1. The number of aliphatic hydroxyl groups is 3. The number of Topliss-reactive ketones (excluding diaryl/α,β-unsaturated/α-hetero) is 1. The van der Waals surface area contributed by atoms with Gasteiger partial charge in [-0.3, -0.25) is 29.2 Å². The normalized spacial score (nSPS) is 22.6. The van der Waals surface area contributed by atoms with Crippen molar-refractivity contribution in [3.63, 3.8) is 0 Å². The van der Waals surface area contributed by atoms with E-state index >= 15 is 0 Å². The molecule has 4 aliphatic heterocycles. The molecular formula is C54H62ClFN6O7. The van der Waals surface area contributed by atoms with Crippen LogP contribution in [0.5, 0.6) is 0 Å². The third-order valence-corrected chi connectivity index (χ3v) is 12.7. The quantitative estimate of drug-likeness (QED) is 0.0916. The minimum absolute atomic E-state index is 0.122. The summed E-state index contributed by atoms with van der Waals surface area (Å²) in [4.78, 5) is 42.6. The molecule has 15 heteroatoms. The van der Waals surface area contributed by atoms with Crippen molar-refractivity contribution in [3.05, 3.63) is 178 Å². The van der Waals surface area contributed by atoms with Gasteiger partial charge in [0.05, 0.1) is 12.6 Å². The van der Waals surface area contributed by atoms with Crippen molar-refractivity contribution in [2.24, 2.45) is 0 Å². The van der Waals surface area contributed by atoms with Gasteiger partial charge in [-0.2, -0.15) is 5.26 Å². The van der Waals surface area contributed by atoms with Crippen molar-refractivity contribution < 1.29 is 39.2 Å². The maximum atomic E-state index is 13.3. The third-order valence-electron chi connectivity index (χ3n) is 12.5. The van der Waals surface area contributed by atoms with Crippen LogP contribution in [0.3, 0.4) is 0 Å². The summed E-state index contributed by atoms with van der Waals surface area (Å²) in [7, 11) is 0. The van der Waals surface area contributed by atoms with Crippen molar-refractivity contribution in [2.75, 3.05) is 52.4 Å². The van der Waals surface area contributed by atoms with Crippen molar-refractivity contribution in [1.29, 1.82) is 5.26 Å². The molecule has 5 N–H and O–H groups in total. The second-order valence-electron chi connectivity index (χ2n) is 18.3. The number of carboxylic acid groups (broad SMARTS) is 1. The Morgan fingerprint density at radius 2 is 1.04 bits per heavy atom. The monoisotopic (exact) mass is 960 g/mol. The Morgan fingerprint density at radius 3 is 1.45 bits per heavy atom. The van der Waals surface area contributed by atoms with Crippen molar-refractivity contribution in [2.45, 2.75) is 75.2 Å². The van der Waals surface area contributed by atoms with E-state index in [1.807, 2.05) is 113 Å². The number of hydrogen-bond donors (Lipinski definition) is 5. The highest BCUT2D eigenvalue weighted by molar-refractivity contribution is 6.30. The summed E-state index contributed by atoms with van der Waals surface area (Å²) < 4.78 is 13.3. The summed E-state index contributed by atoms with van der Waals surface area (Å²) in [5.74, 6) is -1.65. The molecule has 13 nitrogen and oxygen atoms in total. The molecule has 0 aliphatic carbocycles. The van der Waals surface area contributed by atoms with E-state index < -0.39 is 34.5 Å². The van der Waals surface area contributed by atoms with E-state index in [4.69, 9.17) is 22.0 Å². The predicted octanol–water partition coefficient (Wildman–Crippen LogP) is 6.05. The van der Waals surface area contributed by atoms with Crippen LogP contribution in [-0.4, -0.2) is 127 Å². The van der Waals surface area contributed by atoms with Gasteiger partial charge in [0, 0.05) is 103 Å². The molecule has 0 bridgehead atoms. The minimum Gasteiger partial charge on any atom is -0.479 e. The predicted molar refractivity (Wildman–Crippen MR) is 262 cm³/mol. The zero-order valence-electron chi connectivity index (χ0n) is 38.8. The average molecular weight is 962 g/mol. The molecule has 0 saturated carbocycles. The third kappa shape index (κ3) is 16.7. The van der Waals surface area contributed by atoms with Gasteiger partial charge in [0.25, 0.3) is 5.91 Å². The molecule has 364 valence electrons. The van der Waals surface area contributed by atoms with Gasteiger partial charge in [0.15, 0.2) is 16.8 Å². The first-order valence-electron chi connectivity index (χ1n) is 23.2. The Bertz CT molecular complexity index is 2450. The minimum atomic E-state index is -1.56. The van der Waals surface area contributed by atoms with Crippen molar-refractivity contribution in [1.82, 2.24) is 24.9 Å². The van der Waals surface area contributed by atoms with Gasteiger partial charge in [-0.15, -0.1) is 0 Å². The maximum absolute atomic E-state index is 13.3. The number of β-amino-alcohol motifs (C(OH)–C–C–N with tert-alkyl or cyclic N) is 3. The molecule has 9 rings (SSSR count). The highest BCUT2D eigenvalue weighted by Crippen LogP contribution is 2.26. The van der Waals surface area contributed by atoms with Gasteiger partial charge in [-0.1, -0.05) is 133 Å². The summed E-state index contributed by atoms with van der Waals surface area (Å²) in [6.07, 6.45) is 1.95. The van der Waals surface area contributed by atoms with Crippen LogP contribution in [0.4, 0.5) is 4.39 Å². The Morgan fingerprint density at radius 1 is 0.609 bits per heavy atom. The van der Waals surface area contributed by atoms with E-state index in [-0.39, 0.29) is 24.7 Å². The first-order chi connectivity index (χ1) is 33.1. The lowest BCUT2D eigenvalue weighted by Crippen LogP contribution is -2.48. The molecule has 69 heavy (non-hydrogen) atoms. The van der Waals surface area contributed by atoms with Crippen molar-refractivity contribution >= 4 is 29.3 Å². The van der Waals surface area contributed by atoms with Crippen LogP contribution >= 0.6 is 11.6 Å². The number of halogens is 2. The summed E-state index contributed by atoms with van der Waals surface area (Å²) in [5, 5.41) is 50.8. The van der Waals surface area contributed by atoms with E-state index in [9.17, 15) is 34.1 Å². The Hall–Kier alpha value is -5.86. The maximum Gasteiger partial charge on any atom is 0.337 e. The molecule has 0 aromatic heterocycles. The lowest BCUT2D eigenvalue weighted by Gasteiger charge is -2.22. The number of carbonyl (C=O) groups excluding carboxylic acids is 2. The lowest BCUT2D eigenvalue weighted by atomic mass is 10.0. The van der Waals surface area contributed by atoms with Gasteiger partial charge in [0.1, 0.15) is 11.6 Å². The number of likely N-dealkylation sites (tertiary alicyclic amines) is 4. The topological polar surface area (TPSA) is 181 Å². The van der Waals surface area contributed by atoms with E-state index in [1.165, 1.54) is 23.3 Å². The number of carboxylic acids is 1. The van der Waals surface area contributed by atoms with E-state index in [0.717, 1.165) is 43.7 Å². The fourth-order valence-electron chi connectivity index (χ4n) is 8.72. The van der Waals surface area contributed by atoms with E-state index in [1.54, 1.807) is 6.07 Å². The van der Waals surface area contributed by atoms with E-state index in [2.05, 4.69) is 39.4 Å². The highest BCUT2D eigenvalue weighted by atomic mass is 35.5. The molecule has 0 radical (unpaired) electrons. The molecule has 4 heterocycles. The number of nitrogens with zero attached hydrogens (tertiary/aromatic N) is 5. The average Bonchev–Trinajstić information content (AvgIpc) is 4.14. The van der Waals surface area contributed by atoms with Crippen LogP contribution < -0.4 is 5.32 Å². The van der Waals surface area contributed by atoms with Crippen molar-refractivity contribution in [3.8, 4) is 6.07 Å². The number of aliphatic carboxylic acids is 1. The number of amides is 1. The molecule has 5 aromatic carbocycles. The zero-order chi connectivity index (χ0) is 49.3. The van der Waals surface area contributed by atoms with E-state index in [0.29, 0.717) is 69.9 Å². The summed E-state index contributed by atoms with van der Waals surface area (Å²) in [6.45, 7) is 7.78. The highest BCUT2D eigenvalue weighted by Gasteiger charge is 2.43. The molecular weight excluding hydrogens is 899 g/mol.